The summed E-state index contributed by atoms with van der Waals surface area (Å²) in [4.78, 5) is 32.4. The Bertz CT molecular complexity index is 777. The van der Waals surface area contributed by atoms with Gasteiger partial charge in [0.25, 0.3) is 5.91 Å². The second kappa shape index (κ2) is 6.49. The standard InChI is InChI=1S/C14H13F3N6O2/c15-14(16,17)6-22-5-10(4-12(22)24)21-13(25)9-1-2-19-11(3-9)23-8-18-7-20-23/h1-3,7-8,10H,4-6H2,(H,21,25). The second-order valence-electron chi connectivity index (χ2n) is 5.51. The van der Waals surface area contributed by atoms with Gasteiger partial charge in [0.2, 0.25) is 5.91 Å². The van der Waals surface area contributed by atoms with Crippen LogP contribution in [0.2, 0.25) is 0 Å². The maximum atomic E-state index is 12.4. The lowest BCUT2D eigenvalue weighted by Crippen LogP contribution is -2.39. The molecule has 1 aliphatic heterocycles. The predicted octanol–water partition coefficient (Wildman–Crippen LogP) is 0.555. The van der Waals surface area contributed by atoms with E-state index in [0.717, 1.165) is 0 Å². The molecule has 3 rings (SSSR count). The number of alkyl halides is 3. The number of nitrogens with zero attached hydrogens (tertiary/aromatic N) is 5. The Labute approximate surface area is 139 Å². The van der Waals surface area contributed by atoms with Crippen LogP contribution in [0.25, 0.3) is 5.82 Å². The summed E-state index contributed by atoms with van der Waals surface area (Å²) >= 11 is 0. The van der Waals surface area contributed by atoms with E-state index >= 15 is 0 Å². The molecule has 1 unspecified atom stereocenters. The van der Waals surface area contributed by atoms with Gasteiger partial charge in [0, 0.05) is 24.7 Å². The van der Waals surface area contributed by atoms with Crippen molar-refractivity contribution in [3.63, 3.8) is 0 Å². The third-order valence-electron chi connectivity index (χ3n) is 3.58. The van der Waals surface area contributed by atoms with Gasteiger partial charge in [0.15, 0.2) is 5.82 Å². The van der Waals surface area contributed by atoms with E-state index in [1.54, 1.807) is 0 Å². The lowest BCUT2D eigenvalue weighted by atomic mass is 10.2. The normalized spacial score (nSPS) is 17.8. The molecule has 0 aromatic carbocycles. The Kier molecular flexibility index (Phi) is 4.38. The van der Waals surface area contributed by atoms with Gasteiger partial charge in [-0.3, -0.25) is 9.59 Å². The van der Waals surface area contributed by atoms with Crippen molar-refractivity contribution in [2.75, 3.05) is 13.1 Å². The molecule has 0 spiro atoms. The van der Waals surface area contributed by atoms with Crippen LogP contribution in [0, 0.1) is 0 Å². The van der Waals surface area contributed by atoms with Crippen LogP contribution >= 0.6 is 0 Å². The molecular weight excluding hydrogens is 341 g/mol. The summed E-state index contributed by atoms with van der Waals surface area (Å²) in [5.74, 6) is -0.776. The number of rotatable bonds is 4. The molecule has 25 heavy (non-hydrogen) atoms. The number of amides is 2. The maximum absolute atomic E-state index is 12.4. The average molecular weight is 354 g/mol. The molecule has 0 aliphatic carbocycles. The van der Waals surface area contributed by atoms with Crippen LogP contribution in [0.3, 0.4) is 0 Å². The van der Waals surface area contributed by atoms with Gasteiger partial charge in [-0.1, -0.05) is 0 Å². The zero-order valence-electron chi connectivity index (χ0n) is 12.8. The zero-order chi connectivity index (χ0) is 18.0. The van der Waals surface area contributed by atoms with Gasteiger partial charge in [0.05, 0.1) is 6.04 Å². The minimum absolute atomic E-state index is 0.164. The lowest BCUT2D eigenvalue weighted by molar-refractivity contribution is -0.157. The fraction of sp³-hybridized carbons (Fsp3) is 0.357. The topological polar surface area (TPSA) is 93.0 Å². The van der Waals surface area contributed by atoms with Crippen molar-refractivity contribution in [1.82, 2.24) is 30.0 Å². The zero-order valence-corrected chi connectivity index (χ0v) is 12.8. The molecule has 2 amide bonds. The number of halogens is 3. The van der Waals surface area contributed by atoms with Crippen LogP contribution < -0.4 is 5.32 Å². The summed E-state index contributed by atoms with van der Waals surface area (Å²) in [6, 6.07) is 2.25. The van der Waals surface area contributed by atoms with E-state index in [1.807, 2.05) is 0 Å². The highest BCUT2D eigenvalue weighted by Crippen LogP contribution is 2.21. The van der Waals surface area contributed by atoms with Gasteiger partial charge in [-0.2, -0.15) is 18.3 Å². The largest absolute Gasteiger partial charge is 0.406 e. The minimum atomic E-state index is -4.47. The number of hydrogen-bond acceptors (Lipinski definition) is 5. The molecule has 2 aromatic heterocycles. The molecule has 0 saturated carbocycles. The first-order chi connectivity index (χ1) is 11.8. The number of carbonyl (C=O) groups is 2. The number of hydrogen-bond donors (Lipinski definition) is 1. The van der Waals surface area contributed by atoms with E-state index in [9.17, 15) is 22.8 Å². The molecule has 3 heterocycles. The Morgan fingerprint density at radius 2 is 2.20 bits per heavy atom. The first-order valence-corrected chi connectivity index (χ1v) is 7.28. The lowest BCUT2D eigenvalue weighted by Gasteiger charge is -2.18. The minimum Gasteiger partial charge on any atom is -0.347 e. The molecule has 11 heteroatoms. The monoisotopic (exact) mass is 354 g/mol. The van der Waals surface area contributed by atoms with Crippen LogP contribution in [-0.2, 0) is 4.79 Å². The SMILES string of the molecule is O=C(NC1CC(=O)N(CC(F)(F)F)C1)c1ccnc(-n2cncn2)c1. The van der Waals surface area contributed by atoms with Crippen molar-refractivity contribution >= 4 is 11.8 Å². The summed E-state index contributed by atoms with van der Waals surface area (Å²) < 4.78 is 38.6. The third kappa shape index (κ3) is 4.11. The van der Waals surface area contributed by atoms with Crippen LogP contribution in [-0.4, -0.2) is 61.8 Å². The molecule has 0 bridgehead atoms. The molecule has 1 fully saturated rings. The van der Waals surface area contributed by atoms with E-state index in [4.69, 9.17) is 0 Å². The van der Waals surface area contributed by atoms with Gasteiger partial charge in [0.1, 0.15) is 19.2 Å². The van der Waals surface area contributed by atoms with Gasteiger partial charge >= 0.3 is 6.18 Å². The van der Waals surface area contributed by atoms with Gasteiger partial charge < -0.3 is 10.2 Å². The Morgan fingerprint density at radius 1 is 1.40 bits per heavy atom. The van der Waals surface area contributed by atoms with E-state index in [2.05, 4.69) is 20.4 Å². The van der Waals surface area contributed by atoms with E-state index in [1.165, 1.54) is 35.7 Å². The van der Waals surface area contributed by atoms with Crippen LogP contribution in [0.15, 0.2) is 31.0 Å². The van der Waals surface area contributed by atoms with E-state index < -0.39 is 30.6 Å². The quantitative estimate of drug-likeness (QED) is 0.866. The van der Waals surface area contributed by atoms with E-state index in [-0.39, 0.29) is 18.5 Å². The molecular formula is C14H13F3N6O2. The molecule has 1 aliphatic rings. The molecule has 1 atom stereocenters. The molecule has 1 N–H and O–H groups in total. The molecule has 2 aromatic rings. The van der Waals surface area contributed by atoms with Crippen LogP contribution in [0.5, 0.6) is 0 Å². The number of nitrogens with one attached hydrogen (secondary N) is 1. The highest BCUT2D eigenvalue weighted by Gasteiger charge is 2.38. The highest BCUT2D eigenvalue weighted by atomic mass is 19.4. The number of carbonyl (C=O) groups excluding carboxylic acids is 2. The van der Waals surface area contributed by atoms with Crippen molar-refractivity contribution in [2.45, 2.75) is 18.6 Å². The van der Waals surface area contributed by atoms with Crippen LogP contribution in [0.4, 0.5) is 13.2 Å². The van der Waals surface area contributed by atoms with Crippen molar-refractivity contribution < 1.29 is 22.8 Å². The number of aromatic nitrogens is 4. The molecule has 1 saturated heterocycles. The molecule has 8 nitrogen and oxygen atoms in total. The van der Waals surface area contributed by atoms with Gasteiger partial charge in [-0.25, -0.2) is 14.6 Å². The summed E-state index contributed by atoms with van der Waals surface area (Å²) in [6.45, 7) is -1.49. The Morgan fingerprint density at radius 3 is 2.88 bits per heavy atom. The predicted molar refractivity (Wildman–Crippen MR) is 77.7 cm³/mol. The van der Waals surface area contributed by atoms with Gasteiger partial charge in [-0.05, 0) is 12.1 Å². The molecule has 132 valence electrons. The van der Waals surface area contributed by atoms with Crippen molar-refractivity contribution in [3.05, 3.63) is 36.5 Å². The summed E-state index contributed by atoms with van der Waals surface area (Å²) in [7, 11) is 0. The number of likely N-dealkylation sites (tertiary alicyclic amines) is 1. The first-order valence-electron chi connectivity index (χ1n) is 7.28. The highest BCUT2D eigenvalue weighted by molar-refractivity contribution is 5.95. The average Bonchev–Trinajstić information content (AvgIpc) is 3.17. The third-order valence-corrected chi connectivity index (χ3v) is 3.58. The fourth-order valence-corrected chi connectivity index (χ4v) is 2.52. The van der Waals surface area contributed by atoms with Crippen molar-refractivity contribution in [3.8, 4) is 5.82 Å². The maximum Gasteiger partial charge on any atom is 0.406 e. The van der Waals surface area contributed by atoms with Crippen molar-refractivity contribution in [1.29, 1.82) is 0 Å². The summed E-state index contributed by atoms with van der Waals surface area (Å²) in [5.41, 5.74) is 0.252. The van der Waals surface area contributed by atoms with Crippen LogP contribution in [0.1, 0.15) is 16.8 Å². The molecule has 0 radical (unpaired) electrons. The fourth-order valence-electron chi connectivity index (χ4n) is 2.52. The number of pyridine rings is 1. The smallest absolute Gasteiger partial charge is 0.347 e. The van der Waals surface area contributed by atoms with Crippen molar-refractivity contribution in [2.24, 2.45) is 0 Å². The summed E-state index contributed by atoms with van der Waals surface area (Å²) in [6.07, 6.45) is -0.501. The van der Waals surface area contributed by atoms with E-state index in [0.29, 0.717) is 10.7 Å². The van der Waals surface area contributed by atoms with Gasteiger partial charge in [-0.15, -0.1) is 0 Å². The second-order valence-corrected chi connectivity index (χ2v) is 5.51. The Hall–Kier alpha value is -2.98. The summed E-state index contributed by atoms with van der Waals surface area (Å²) in [5, 5.41) is 6.47. The Balaban J connectivity index is 1.65. The first kappa shape index (κ1) is 16.9.